The zero-order chi connectivity index (χ0) is 25.9. The van der Waals surface area contributed by atoms with E-state index in [0.717, 1.165) is 40.3 Å². The third kappa shape index (κ3) is 7.64. The van der Waals surface area contributed by atoms with Crippen LogP contribution < -0.4 is 4.74 Å². The molecule has 0 saturated carbocycles. The minimum absolute atomic E-state index is 0.0493. The Morgan fingerprint density at radius 2 is 1.76 bits per heavy atom. The summed E-state index contributed by atoms with van der Waals surface area (Å²) in [6.07, 6.45) is 10.8. The molecule has 0 radical (unpaired) electrons. The molecule has 1 aromatic heterocycles. The van der Waals surface area contributed by atoms with Crippen molar-refractivity contribution in [3.8, 4) is 5.75 Å². The fourth-order valence-corrected chi connectivity index (χ4v) is 5.02. The Kier molecular flexibility index (Phi) is 9.66. The summed E-state index contributed by atoms with van der Waals surface area (Å²) in [6, 6.07) is 22.4. The van der Waals surface area contributed by atoms with Crippen LogP contribution in [0.5, 0.6) is 5.75 Å². The maximum atomic E-state index is 11.8. The van der Waals surface area contributed by atoms with Crippen molar-refractivity contribution in [2.75, 3.05) is 6.61 Å². The Labute approximate surface area is 222 Å². The van der Waals surface area contributed by atoms with Gasteiger partial charge in [-0.2, -0.15) is 0 Å². The van der Waals surface area contributed by atoms with Crippen molar-refractivity contribution in [2.24, 2.45) is 4.99 Å². The van der Waals surface area contributed by atoms with Crippen molar-refractivity contribution in [3.63, 3.8) is 0 Å². The standard InChI is InChI=1S/C30H31N3O3S/c1-2-3-4-5-6-7-20-36-25-16-14-24(15-17-25)32-22-23-13-18-30(28(21-23)33(34)35)37-29-12-8-11-27-26(29)10-9-19-31-27/h8-19,21-22H,2-7,20H2,1H3. The number of unbranched alkanes of at least 4 members (excludes halogenated alkanes) is 5. The third-order valence-corrected chi connectivity index (χ3v) is 7.11. The number of pyridine rings is 1. The molecule has 0 N–H and O–H groups in total. The highest BCUT2D eigenvalue weighted by atomic mass is 32.2. The van der Waals surface area contributed by atoms with E-state index in [4.69, 9.17) is 4.74 Å². The van der Waals surface area contributed by atoms with Gasteiger partial charge >= 0.3 is 0 Å². The summed E-state index contributed by atoms with van der Waals surface area (Å²) in [6.45, 7) is 2.94. The molecular formula is C30H31N3O3S. The third-order valence-electron chi connectivity index (χ3n) is 5.97. The number of nitrogens with zero attached hydrogens (tertiary/aromatic N) is 3. The Morgan fingerprint density at radius 3 is 2.57 bits per heavy atom. The molecule has 3 aromatic carbocycles. The fourth-order valence-electron chi connectivity index (χ4n) is 3.98. The van der Waals surface area contributed by atoms with E-state index < -0.39 is 0 Å². The van der Waals surface area contributed by atoms with Crippen LogP contribution in [-0.4, -0.2) is 22.7 Å². The monoisotopic (exact) mass is 513 g/mol. The molecule has 0 bridgehead atoms. The first-order valence-corrected chi connectivity index (χ1v) is 13.5. The minimum Gasteiger partial charge on any atom is -0.494 e. The number of ether oxygens (including phenoxy) is 1. The predicted octanol–water partition coefficient (Wildman–Crippen LogP) is 8.78. The molecule has 37 heavy (non-hydrogen) atoms. The molecule has 0 spiro atoms. The smallest absolute Gasteiger partial charge is 0.283 e. The number of nitro benzene ring substituents is 1. The largest absolute Gasteiger partial charge is 0.494 e. The topological polar surface area (TPSA) is 77.6 Å². The number of fused-ring (bicyclic) bond motifs is 1. The van der Waals surface area contributed by atoms with E-state index >= 15 is 0 Å². The van der Waals surface area contributed by atoms with E-state index in [1.807, 2.05) is 60.7 Å². The molecule has 0 aliphatic heterocycles. The molecule has 0 unspecified atom stereocenters. The van der Waals surface area contributed by atoms with Crippen molar-refractivity contribution < 1.29 is 9.66 Å². The number of hydrogen-bond donors (Lipinski definition) is 0. The Balaban J connectivity index is 1.38. The highest BCUT2D eigenvalue weighted by Gasteiger charge is 2.16. The number of rotatable bonds is 13. The second kappa shape index (κ2) is 13.6. The van der Waals surface area contributed by atoms with Crippen LogP contribution in [0.25, 0.3) is 10.9 Å². The lowest BCUT2D eigenvalue weighted by Gasteiger charge is -2.07. The number of nitro groups is 1. The van der Waals surface area contributed by atoms with Crippen molar-refractivity contribution in [1.29, 1.82) is 0 Å². The van der Waals surface area contributed by atoms with Gasteiger partial charge in [0.25, 0.3) is 5.69 Å². The lowest BCUT2D eigenvalue weighted by molar-refractivity contribution is -0.387. The van der Waals surface area contributed by atoms with Gasteiger partial charge in [0.2, 0.25) is 0 Å². The van der Waals surface area contributed by atoms with E-state index in [1.165, 1.54) is 43.9 Å². The van der Waals surface area contributed by atoms with Gasteiger partial charge in [-0.3, -0.25) is 20.1 Å². The number of aromatic nitrogens is 1. The lowest BCUT2D eigenvalue weighted by Crippen LogP contribution is -1.96. The van der Waals surface area contributed by atoms with Crippen LogP contribution in [0.3, 0.4) is 0 Å². The van der Waals surface area contributed by atoms with Gasteiger partial charge in [0, 0.05) is 28.8 Å². The average molecular weight is 514 g/mol. The van der Waals surface area contributed by atoms with Crippen LogP contribution >= 0.6 is 11.8 Å². The number of benzene rings is 3. The van der Waals surface area contributed by atoms with E-state index in [-0.39, 0.29) is 10.6 Å². The van der Waals surface area contributed by atoms with E-state index in [1.54, 1.807) is 24.5 Å². The Bertz CT molecular complexity index is 1350. The second-order valence-corrected chi connectivity index (χ2v) is 9.86. The van der Waals surface area contributed by atoms with Crippen LogP contribution in [0.2, 0.25) is 0 Å². The van der Waals surface area contributed by atoms with Crippen molar-refractivity contribution >= 4 is 40.3 Å². The molecule has 6 nitrogen and oxygen atoms in total. The SMILES string of the molecule is CCCCCCCCOc1ccc(N=Cc2ccc(Sc3cccc4ncccc34)c([N+](=O)[O-])c2)cc1. The van der Waals surface area contributed by atoms with Crippen molar-refractivity contribution in [2.45, 2.75) is 55.2 Å². The van der Waals surface area contributed by atoms with Crippen LogP contribution in [-0.2, 0) is 0 Å². The minimum atomic E-state index is -0.348. The van der Waals surface area contributed by atoms with Gasteiger partial charge in [-0.15, -0.1) is 0 Å². The van der Waals surface area contributed by atoms with Crippen molar-refractivity contribution in [3.05, 3.63) is 94.7 Å². The van der Waals surface area contributed by atoms with E-state index in [2.05, 4.69) is 16.9 Å². The molecular weight excluding hydrogens is 482 g/mol. The second-order valence-electron chi connectivity index (χ2n) is 8.78. The van der Waals surface area contributed by atoms with E-state index in [0.29, 0.717) is 10.5 Å². The maximum absolute atomic E-state index is 11.8. The number of hydrogen-bond acceptors (Lipinski definition) is 6. The first-order chi connectivity index (χ1) is 18.1. The fraction of sp³-hybridized carbons (Fsp3) is 0.267. The molecule has 190 valence electrons. The first kappa shape index (κ1) is 26.4. The van der Waals surface area contributed by atoms with Gasteiger partial charge in [-0.1, -0.05) is 69.0 Å². The van der Waals surface area contributed by atoms with Crippen LogP contribution in [0.4, 0.5) is 11.4 Å². The Morgan fingerprint density at radius 1 is 0.946 bits per heavy atom. The first-order valence-electron chi connectivity index (χ1n) is 12.7. The van der Waals surface area contributed by atoms with Gasteiger partial charge in [-0.25, -0.2) is 0 Å². The summed E-state index contributed by atoms with van der Waals surface area (Å²) >= 11 is 1.37. The molecule has 4 rings (SSSR count). The van der Waals surface area contributed by atoms with Crippen LogP contribution in [0.15, 0.2) is 93.8 Å². The molecule has 0 fully saturated rings. The lowest BCUT2D eigenvalue weighted by atomic mass is 10.1. The molecule has 0 aliphatic carbocycles. The number of aliphatic imine (C=N–C) groups is 1. The maximum Gasteiger partial charge on any atom is 0.283 e. The molecule has 0 saturated heterocycles. The highest BCUT2D eigenvalue weighted by molar-refractivity contribution is 7.99. The summed E-state index contributed by atoms with van der Waals surface area (Å²) in [7, 11) is 0. The summed E-state index contributed by atoms with van der Waals surface area (Å²) in [5.74, 6) is 0.827. The van der Waals surface area contributed by atoms with Crippen LogP contribution in [0.1, 0.15) is 51.0 Å². The summed E-state index contributed by atoms with van der Waals surface area (Å²) in [5, 5.41) is 12.8. The van der Waals surface area contributed by atoms with E-state index in [9.17, 15) is 10.1 Å². The highest BCUT2D eigenvalue weighted by Crippen LogP contribution is 2.38. The molecule has 0 amide bonds. The van der Waals surface area contributed by atoms with Gasteiger partial charge in [0.15, 0.2) is 0 Å². The molecule has 0 aliphatic rings. The van der Waals surface area contributed by atoms with Crippen LogP contribution in [0, 0.1) is 10.1 Å². The Hall–Kier alpha value is -3.71. The van der Waals surface area contributed by atoms with Gasteiger partial charge < -0.3 is 4.74 Å². The van der Waals surface area contributed by atoms with Crippen molar-refractivity contribution in [1.82, 2.24) is 4.98 Å². The summed E-state index contributed by atoms with van der Waals surface area (Å²) < 4.78 is 5.83. The quantitative estimate of drug-likeness (QED) is 0.0772. The molecule has 0 atom stereocenters. The van der Waals surface area contributed by atoms with Gasteiger partial charge in [-0.05, 0) is 60.5 Å². The predicted molar refractivity (Wildman–Crippen MR) is 152 cm³/mol. The average Bonchev–Trinajstić information content (AvgIpc) is 2.92. The zero-order valence-electron chi connectivity index (χ0n) is 21.0. The molecule has 7 heteroatoms. The summed E-state index contributed by atoms with van der Waals surface area (Å²) in [5.41, 5.74) is 2.33. The molecule has 1 heterocycles. The summed E-state index contributed by atoms with van der Waals surface area (Å²) in [4.78, 5) is 21.9. The normalized spacial score (nSPS) is 11.3. The zero-order valence-corrected chi connectivity index (χ0v) is 21.8. The van der Waals surface area contributed by atoms with Gasteiger partial charge in [0.1, 0.15) is 5.75 Å². The van der Waals surface area contributed by atoms with Gasteiger partial charge in [0.05, 0.1) is 27.6 Å². The molecule has 4 aromatic rings.